The molecule has 1 aromatic carbocycles. The Morgan fingerprint density at radius 2 is 2.00 bits per heavy atom. The molecule has 1 aliphatic carbocycles. The minimum absolute atomic E-state index is 0.0675. The van der Waals surface area contributed by atoms with E-state index in [1.54, 1.807) is 0 Å². The van der Waals surface area contributed by atoms with Gasteiger partial charge in [-0.05, 0) is 37.2 Å². The number of hydrogen-bond donors (Lipinski definition) is 1. The van der Waals surface area contributed by atoms with Crippen molar-refractivity contribution in [1.29, 1.82) is 0 Å². The van der Waals surface area contributed by atoms with Gasteiger partial charge in [0.1, 0.15) is 5.54 Å². The van der Waals surface area contributed by atoms with Crippen LogP contribution in [-0.2, 0) is 14.8 Å². The van der Waals surface area contributed by atoms with Crippen molar-refractivity contribution < 1.29 is 18.3 Å². The van der Waals surface area contributed by atoms with E-state index in [0.29, 0.717) is 32.2 Å². The maximum absolute atomic E-state index is 12.2. The number of rotatable bonds is 3. The van der Waals surface area contributed by atoms with Crippen LogP contribution in [-0.4, -0.2) is 41.6 Å². The molecule has 114 valence electrons. The van der Waals surface area contributed by atoms with Gasteiger partial charge in [0.25, 0.3) is 0 Å². The molecule has 2 fully saturated rings. The summed E-state index contributed by atoms with van der Waals surface area (Å²) in [5, 5.41) is 9.71. The molecule has 1 heterocycles. The van der Waals surface area contributed by atoms with Crippen molar-refractivity contribution in [3.8, 4) is 0 Å². The first-order valence-electron chi connectivity index (χ1n) is 7.25. The molecule has 0 amide bonds. The molecule has 6 heteroatoms. The zero-order chi connectivity index (χ0) is 15.1. The van der Waals surface area contributed by atoms with E-state index in [9.17, 15) is 18.3 Å². The number of benzene rings is 1. The smallest absolute Gasteiger partial charge is 0.325 e. The average Bonchev–Trinajstić information content (AvgIpc) is 3.04. The van der Waals surface area contributed by atoms with E-state index in [-0.39, 0.29) is 11.7 Å². The van der Waals surface area contributed by atoms with E-state index in [1.165, 1.54) is 4.31 Å². The lowest BCUT2D eigenvalue weighted by atomic mass is 9.92. The highest BCUT2D eigenvalue weighted by Crippen LogP contribution is 2.46. The normalized spacial score (nSPS) is 32.3. The van der Waals surface area contributed by atoms with Crippen molar-refractivity contribution in [3.63, 3.8) is 0 Å². The van der Waals surface area contributed by atoms with Crippen LogP contribution >= 0.6 is 0 Å². The molecule has 0 aromatic heterocycles. The second-order valence-electron chi connectivity index (χ2n) is 5.93. The van der Waals surface area contributed by atoms with E-state index in [0.717, 1.165) is 5.56 Å². The van der Waals surface area contributed by atoms with Gasteiger partial charge in [0.2, 0.25) is 10.0 Å². The second kappa shape index (κ2) is 5.10. The zero-order valence-electron chi connectivity index (χ0n) is 11.7. The minimum atomic E-state index is -3.43. The summed E-state index contributed by atoms with van der Waals surface area (Å²) >= 11 is 0. The molecule has 5 nitrogen and oxygen atoms in total. The van der Waals surface area contributed by atoms with Crippen LogP contribution in [0, 0.1) is 0 Å². The van der Waals surface area contributed by atoms with Gasteiger partial charge in [-0.15, -0.1) is 0 Å². The number of sulfonamides is 1. The monoisotopic (exact) mass is 309 g/mol. The van der Waals surface area contributed by atoms with Crippen LogP contribution in [0.3, 0.4) is 0 Å². The summed E-state index contributed by atoms with van der Waals surface area (Å²) < 4.78 is 25.6. The van der Waals surface area contributed by atoms with Crippen molar-refractivity contribution in [2.75, 3.05) is 12.3 Å². The molecule has 2 unspecified atom stereocenters. The summed E-state index contributed by atoms with van der Waals surface area (Å²) in [5.74, 6) is -0.831. The second-order valence-corrected chi connectivity index (χ2v) is 7.94. The Morgan fingerprint density at radius 1 is 1.29 bits per heavy atom. The first-order chi connectivity index (χ1) is 9.96. The molecular formula is C15H19NO4S. The molecule has 1 N–H and O–H groups in total. The summed E-state index contributed by atoms with van der Waals surface area (Å²) in [7, 11) is -3.43. The van der Waals surface area contributed by atoms with Gasteiger partial charge in [0.15, 0.2) is 0 Å². The number of carbonyl (C=O) groups is 1. The van der Waals surface area contributed by atoms with Crippen LogP contribution in [0.2, 0.25) is 0 Å². The van der Waals surface area contributed by atoms with Crippen molar-refractivity contribution in [3.05, 3.63) is 35.9 Å². The summed E-state index contributed by atoms with van der Waals surface area (Å²) in [6.07, 6.45) is 1.99. The fraction of sp³-hybridized carbons (Fsp3) is 0.533. The molecule has 21 heavy (non-hydrogen) atoms. The van der Waals surface area contributed by atoms with Crippen LogP contribution < -0.4 is 0 Å². The van der Waals surface area contributed by atoms with Gasteiger partial charge >= 0.3 is 5.97 Å². The van der Waals surface area contributed by atoms with Gasteiger partial charge in [-0.25, -0.2) is 8.42 Å². The molecule has 2 aliphatic rings. The molecule has 3 rings (SSSR count). The van der Waals surface area contributed by atoms with Crippen LogP contribution in [0.4, 0.5) is 0 Å². The topological polar surface area (TPSA) is 74.7 Å². The van der Waals surface area contributed by atoms with Crippen LogP contribution in [0.1, 0.15) is 37.2 Å². The van der Waals surface area contributed by atoms with E-state index in [1.807, 2.05) is 30.3 Å². The van der Waals surface area contributed by atoms with Gasteiger partial charge < -0.3 is 5.11 Å². The molecule has 1 aliphatic heterocycles. The van der Waals surface area contributed by atoms with Gasteiger partial charge in [-0.1, -0.05) is 30.3 Å². The Kier molecular flexibility index (Phi) is 3.53. The van der Waals surface area contributed by atoms with E-state index in [4.69, 9.17) is 0 Å². The van der Waals surface area contributed by atoms with Gasteiger partial charge in [0, 0.05) is 6.54 Å². The quantitative estimate of drug-likeness (QED) is 0.924. The average molecular weight is 309 g/mol. The summed E-state index contributed by atoms with van der Waals surface area (Å²) in [5.41, 5.74) is -0.159. The largest absolute Gasteiger partial charge is 0.480 e. The molecule has 1 saturated carbocycles. The predicted octanol–water partition coefficient (Wildman–Crippen LogP) is 1.81. The van der Waals surface area contributed by atoms with Gasteiger partial charge in [-0.3, -0.25) is 4.79 Å². The first-order valence-corrected chi connectivity index (χ1v) is 8.85. The molecule has 0 radical (unpaired) electrons. The third-order valence-corrected chi connectivity index (χ3v) is 6.74. The number of carboxylic acid groups (broad SMARTS) is 1. The number of aliphatic carboxylic acids is 1. The third kappa shape index (κ3) is 2.36. The molecule has 0 bridgehead atoms. The lowest BCUT2D eigenvalue weighted by Crippen LogP contribution is -2.53. The molecule has 0 spiro atoms. The van der Waals surface area contributed by atoms with Crippen molar-refractivity contribution in [1.82, 2.24) is 4.31 Å². The van der Waals surface area contributed by atoms with Gasteiger partial charge in [0.05, 0.1) is 5.75 Å². The van der Waals surface area contributed by atoms with Crippen molar-refractivity contribution in [2.24, 2.45) is 0 Å². The maximum Gasteiger partial charge on any atom is 0.325 e. The Hall–Kier alpha value is -1.40. The lowest BCUT2D eigenvalue weighted by molar-refractivity contribution is -0.148. The molecule has 1 aromatic rings. The van der Waals surface area contributed by atoms with E-state index in [2.05, 4.69) is 0 Å². The first kappa shape index (κ1) is 14.5. The highest BCUT2D eigenvalue weighted by Gasteiger charge is 2.55. The Bertz CT molecular complexity index is 643. The van der Waals surface area contributed by atoms with Crippen molar-refractivity contribution in [2.45, 2.75) is 37.1 Å². The maximum atomic E-state index is 12.2. The summed E-state index contributed by atoms with van der Waals surface area (Å²) in [4.78, 5) is 11.9. The SMILES string of the molecule is O=C(O)C1(N2CCCS2(=O)=O)CCC(c2ccccc2)C1. The molecular weight excluding hydrogens is 290 g/mol. The fourth-order valence-corrected chi connectivity index (χ4v) is 5.58. The Morgan fingerprint density at radius 3 is 2.57 bits per heavy atom. The molecule has 2 atom stereocenters. The Labute approximate surface area is 124 Å². The van der Waals surface area contributed by atoms with Crippen LogP contribution in [0.5, 0.6) is 0 Å². The standard InChI is InChI=1S/C15H19NO4S/c17-14(18)15(16-9-4-10-21(16,19)20)8-7-13(11-15)12-5-2-1-3-6-12/h1-3,5-6,13H,4,7-11H2,(H,17,18). The van der Waals surface area contributed by atoms with E-state index >= 15 is 0 Å². The van der Waals surface area contributed by atoms with Gasteiger partial charge in [-0.2, -0.15) is 4.31 Å². The number of carboxylic acids is 1. The number of hydrogen-bond acceptors (Lipinski definition) is 3. The third-order valence-electron chi connectivity index (χ3n) is 4.74. The molecule has 1 saturated heterocycles. The Balaban J connectivity index is 1.93. The van der Waals surface area contributed by atoms with E-state index < -0.39 is 21.5 Å². The van der Waals surface area contributed by atoms with Crippen LogP contribution in [0.25, 0.3) is 0 Å². The summed E-state index contributed by atoms with van der Waals surface area (Å²) in [6, 6.07) is 9.77. The number of nitrogens with zero attached hydrogens (tertiary/aromatic N) is 1. The van der Waals surface area contributed by atoms with Crippen molar-refractivity contribution >= 4 is 16.0 Å². The lowest BCUT2D eigenvalue weighted by Gasteiger charge is -2.33. The minimum Gasteiger partial charge on any atom is -0.480 e. The highest BCUT2D eigenvalue weighted by atomic mass is 32.2. The fourth-order valence-electron chi connectivity index (χ4n) is 3.68. The van der Waals surface area contributed by atoms with Crippen LogP contribution in [0.15, 0.2) is 30.3 Å². The highest BCUT2D eigenvalue weighted by molar-refractivity contribution is 7.89. The predicted molar refractivity (Wildman–Crippen MR) is 78.5 cm³/mol. The summed E-state index contributed by atoms with van der Waals surface area (Å²) in [6.45, 7) is 0.330. The zero-order valence-corrected chi connectivity index (χ0v) is 12.6.